The Hall–Kier alpha value is -1.74. The number of benzene rings is 2. The van der Waals surface area contributed by atoms with E-state index in [1.165, 1.54) is 13.2 Å². The van der Waals surface area contributed by atoms with Crippen LogP contribution in [0.25, 0.3) is 0 Å². The smallest absolute Gasteiger partial charge is 0.131 e. The molecule has 104 valence electrons. The van der Waals surface area contributed by atoms with Crippen LogP contribution < -0.4 is 9.47 Å². The van der Waals surface area contributed by atoms with E-state index in [-0.39, 0.29) is 5.82 Å². The van der Waals surface area contributed by atoms with Gasteiger partial charge in [0, 0.05) is 18.1 Å². The zero-order valence-corrected chi connectivity index (χ0v) is 11.8. The molecule has 0 radical (unpaired) electrons. The van der Waals surface area contributed by atoms with Crippen molar-refractivity contribution >= 4 is 11.6 Å². The molecule has 0 spiro atoms. The van der Waals surface area contributed by atoms with Gasteiger partial charge in [-0.1, -0.05) is 18.2 Å². The van der Waals surface area contributed by atoms with Crippen LogP contribution in [0.2, 0.25) is 0 Å². The highest BCUT2D eigenvalue weighted by molar-refractivity contribution is 6.22. The van der Waals surface area contributed by atoms with E-state index in [9.17, 15) is 4.39 Å². The summed E-state index contributed by atoms with van der Waals surface area (Å²) in [6, 6.07) is 10.5. The molecule has 1 aliphatic rings. The lowest BCUT2D eigenvalue weighted by atomic mass is 10.0. The third kappa shape index (κ3) is 2.34. The van der Waals surface area contributed by atoms with Gasteiger partial charge in [-0.05, 0) is 23.3 Å². The second-order valence-electron chi connectivity index (χ2n) is 4.72. The second kappa shape index (κ2) is 5.33. The molecule has 0 N–H and O–H groups in total. The molecule has 0 fully saturated rings. The van der Waals surface area contributed by atoms with Crippen molar-refractivity contribution in [3.8, 4) is 11.5 Å². The highest BCUT2D eigenvalue weighted by Crippen LogP contribution is 2.35. The molecule has 0 bridgehead atoms. The molecular formula is C16H14ClFO2. The van der Waals surface area contributed by atoms with E-state index < -0.39 is 5.38 Å². The van der Waals surface area contributed by atoms with Crippen molar-refractivity contribution < 1.29 is 13.9 Å². The van der Waals surface area contributed by atoms with E-state index >= 15 is 0 Å². The van der Waals surface area contributed by atoms with Crippen LogP contribution in [0.15, 0.2) is 36.4 Å². The predicted molar refractivity (Wildman–Crippen MR) is 76.3 cm³/mol. The maximum atomic E-state index is 14.1. The first-order chi connectivity index (χ1) is 9.69. The van der Waals surface area contributed by atoms with Crippen LogP contribution in [0, 0.1) is 5.82 Å². The summed E-state index contributed by atoms with van der Waals surface area (Å²) in [4.78, 5) is 0. The number of alkyl halides is 1. The lowest BCUT2D eigenvalue weighted by Gasteiger charge is -2.13. The Labute approximate surface area is 122 Å². The lowest BCUT2D eigenvalue weighted by Crippen LogP contribution is -1.98. The summed E-state index contributed by atoms with van der Waals surface area (Å²) < 4.78 is 24.5. The molecule has 2 nitrogen and oxygen atoms in total. The molecule has 1 unspecified atom stereocenters. The van der Waals surface area contributed by atoms with Crippen LogP contribution in [-0.2, 0) is 6.42 Å². The summed E-state index contributed by atoms with van der Waals surface area (Å²) in [5, 5.41) is -0.521. The molecule has 0 saturated carbocycles. The number of ether oxygens (including phenoxy) is 2. The molecule has 0 aromatic heterocycles. The third-order valence-corrected chi connectivity index (χ3v) is 3.97. The molecule has 2 aromatic rings. The fraction of sp³-hybridized carbons (Fsp3) is 0.250. The van der Waals surface area contributed by atoms with Gasteiger partial charge in [-0.25, -0.2) is 4.39 Å². The van der Waals surface area contributed by atoms with Crippen LogP contribution in [-0.4, -0.2) is 13.7 Å². The van der Waals surface area contributed by atoms with Crippen molar-refractivity contribution in [2.24, 2.45) is 0 Å². The van der Waals surface area contributed by atoms with Crippen molar-refractivity contribution in [3.05, 3.63) is 58.9 Å². The average Bonchev–Trinajstić information content (AvgIpc) is 2.93. The van der Waals surface area contributed by atoms with Crippen LogP contribution >= 0.6 is 11.6 Å². The second-order valence-corrected chi connectivity index (χ2v) is 5.15. The van der Waals surface area contributed by atoms with E-state index in [2.05, 4.69) is 0 Å². The molecule has 1 aliphatic heterocycles. The van der Waals surface area contributed by atoms with Gasteiger partial charge in [0.2, 0.25) is 0 Å². The van der Waals surface area contributed by atoms with E-state index in [4.69, 9.17) is 21.1 Å². The van der Waals surface area contributed by atoms with Crippen LogP contribution in [0.1, 0.15) is 22.1 Å². The zero-order chi connectivity index (χ0) is 14.1. The zero-order valence-electron chi connectivity index (χ0n) is 11.0. The topological polar surface area (TPSA) is 18.5 Å². The highest BCUT2D eigenvalue weighted by atomic mass is 35.5. The molecule has 3 rings (SSSR count). The Morgan fingerprint density at radius 2 is 2.10 bits per heavy atom. The van der Waals surface area contributed by atoms with Crippen molar-refractivity contribution in [1.82, 2.24) is 0 Å². The normalized spacial score (nSPS) is 14.6. The Bertz CT molecular complexity index is 642. The number of methoxy groups -OCH3 is 1. The van der Waals surface area contributed by atoms with Crippen LogP contribution in [0.5, 0.6) is 11.5 Å². The van der Waals surface area contributed by atoms with E-state index in [1.807, 2.05) is 18.2 Å². The molecule has 0 aliphatic carbocycles. The van der Waals surface area contributed by atoms with Crippen molar-refractivity contribution in [2.45, 2.75) is 11.8 Å². The number of halogens is 2. The molecule has 20 heavy (non-hydrogen) atoms. The number of fused-ring (bicyclic) bond motifs is 1. The van der Waals surface area contributed by atoms with Gasteiger partial charge >= 0.3 is 0 Å². The number of hydrogen-bond acceptors (Lipinski definition) is 2. The van der Waals surface area contributed by atoms with E-state index in [1.54, 1.807) is 12.1 Å². The maximum Gasteiger partial charge on any atom is 0.131 e. The van der Waals surface area contributed by atoms with Gasteiger partial charge in [-0.2, -0.15) is 0 Å². The Morgan fingerprint density at radius 3 is 2.85 bits per heavy atom. The first-order valence-corrected chi connectivity index (χ1v) is 6.86. The largest absolute Gasteiger partial charge is 0.497 e. The van der Waals surface area contributed by atoms with Gasteiger partial charge in [0.25, 0.3) is 0 Å². The van der Waals surface area contributed by atoms with E-state index in [0.29, 0.717) is 17.9 Å². The highest BCUT2D eigenvalue weighted by Gasteiger charge is 2.19. The molecule has 4 heteroatoms. The SMILES string of the molecule is COc1ccc(C(Cl)c2ccc3c(c2)CCO3)c(F)c1. The first kappa shape index (κ1) is 13.3. The molecule has 0 saturated heterocycles. The fourth-order valence-electron chi connectivity index (χ4n) is 2.38. The number of rotatable bonds is 3. The summed E-state index contributed by atoms with van der Waals surface area (Å²) in [7, 11) is 1.51. The summed E-state index contributed by atoms with van der Waals surface area (Å²) in [5.41, 5.74) is 2.45. The van der Waals surface area contributed by atoms with Gasteiger partial charge < -0.3 is 9.47 Å². The minimum absolute atomic E-state index is 0.360. The van der Waals surface area contributed by atoms with Crippen LogP contribution in [0.3, 0.4) is 0 Å². The Kier molecular flexibility index (Phi) is 3.53. The minimum Gasteiger partial charge on any atom is -0.497 e. The van der Waals surface area contributed by atoms with Crippen molar-refractivity contribution in [2.75, 3.05) is 13.7 Å². The number of hydrogen-bond donors (Lipinski definition) is 0. The average molecular weight is 293 g/mol. The minimum atomic E-state index is -0.521. The van der Waals surface area contributed by atoms with Crippen LogP contribution in [0.4, 0.5) is 4.39 Å². The van der Waals surface area contributed by atoms with Gasteiger partial charge in [0.1, 0.15) is 17.3 Å². The van der Waals surface area contributed by atoms with Gasteiger partial charge in [-0.3, -0.25) is 0 Å². The third-order valence-electron chi connectivity index (χ3n) is 3.49. The van der Waals surface area contributed by atoms with Gasteiger partial charge in [0.05, 0.1) is 19.1 Å². The molecule has 1 atom stereocenters. The van der Waals surface area contributed by atoms with E-state index in [0.717, 1.165) is 23.3 Å². The quantitative estimate of drug-likeness (QED) is 0.793. The molecule has 1 heterocycles. The van der Waals surface area contributed by atoms with Crippen molar-refractivity contribution in [1.29, 1.82) is 0 Å². The van der Waals surface area contributed by atoms with Gasteiger partial charge in [-0.15, -0.1) is 11.6 Å². The van der Waals surface area contributed by atoms with Crippen molar-refractivity contribution in [3.63, 3.8) is 0 Å². The Balaban J connectivity index is 1.94. The summed E-state index contributed by atoms with van der Waals surface area (Å²) >= 11 is 6.41. The summed E-state index contributed by atoms with van der Waals surface area (Å²) in [6.07, 6.45) is 0.873. The maximum absolute atomic E-state index is 14.1. The van der Waals surface area contributed by atoms with Gasteiger partial charge in [0.15, 0.2) is 0 Å². The summed E-state index contributed by atoms with van der Waals surface area (Å²) in [5.74, 6) is 1.02. The predicted octanol–water partition coefficient (Wildman–Crippen LogP) is 4.10. The molecule has 2 aromatic carbocycles. The standard InChI is InChI=1S/C16H14ClFO2/c1-19-12-3-4-13(14(18)9-12)16(17)11-2-5-15-10(8-11)6-7-20-15/h2-5,8-9,16H,6-7H2,1H3. The lowest BCUT2D eigenvalue weighted by molar-refractivity contribution is 0.357. The molecular weight excluding hydrogens is 279 g/mol. The first-order valence-electron chi connectivity index (χ1n) is 6.42. The molecule has 0 amide bonds. The fourth-order valence-corrected chi connectivity index (χ4v) is 2.70. The Morgan fingerprint density at radius 1 is 1.25 bits per heavy atom. The summed E-state index contributed by atoms with van der Waals surface area (Å²) in [6.45, 7) is 0.697. The monoisotopic (exact) mass is 292 g/mol.